The Labute approximate surface area is 126 Å². The van der Waals surface area contributed by atoms with Gasteiger partial charge in [0.25, 0.3) is 0 Å². The van der Waals surface area contributed by atoms with Crippen molar-refractivity contribution in [1.29, 1.82) is 0 Å². The standard InChI is InChI=1S/C8H15NO.C7H8O3S/c1-7(2)9-5-3-8(10)4-6-9;1-6-2-4-7(5-3-6)11(8,9)10/h7H,3-6H2,1-2H3;2-5H,1H3,(H,8,9,10). The summed E-state index contributed by atoms with van der Waals surface area (Å²) in [7, 11) is -4.27. The zero-order valence-corrected chi connectivity index (χ0v) is 13.6. The summed E-state index contributed by atoms with van der Waals surface area (Å²) in [5, 5.41) is 0. The first-order chi connectivity index (χ1) is 9.70. The lowest BCUT2D eigenvalue weighted by Gasteiger charge is -2.26. The number of rotatable bonds is 2. The van der Waals surface area contributed by atoms with Gasteiger partial charge in [-0.2, -0.15) is 0 Å². The van der Waals surface area contributed by atoms with Crippen molar-refractivity contribution < 1.29 is 22.7 Å². The van der Waals surface area contributed by atoms with E-state index in [1.807, 2.05) is 6.92 Å². The van der Waals surface area contributed by atoms with Crippen LogP contribution in [-0.2, 0) is 14.9 Å². The maximum Gasteiger partial charge on any atom is 0.144 e. The molecule has 0 atom stereocenters. The Kier molecular flexibility index (Phi) is 6.51. The molecular formula is C15H23NO4S. The van der Waals surface area contributed by atoms with Gasteiger partial charge in [-0.15, -0.1) is 0 Å². The number of quaternary nitrogens is 1. The van der Waals surface area contributed by atoms with E-state index in [0.717, 1.165) is 31.5 Å². The molecule has 0 spiro atoms. The molecule has 0 unspecified atom stereocenters. The Hall–Kier alpha value is -1.24. The number of hydrogen-bond donors (Lipinski definition) is 1. The summed E-state index contributed by atoms with van der Waals surface area (Å²) in [6, 6.07) is 6.47. The van der Waals surface area contributed by atoms with Gasteiger partial charge in [0, 0.05) is 0 Å². The summed E-state index contributed by atoms with van der Waals surface area (Å²) >= 11 is 0. The average Bonchev–Trinajstić information content (AvgIpc) is 2.39. The van der Waals surface area contributed by atoms with Gasteiger partial charge in [-0.3, -0.25) is 4.79 Å². The van der Waals surface area contributed by atoms with Gasteiger partial charge in [-0.05, 0) is 32.9 Å². The van der Waals surface area contributed by atoms with Crippen molar-refractivity contribution in [3.63, 3.8) is 0 Å². The van der Waals surface area contributed by atoms with Crippen LogP contribution in [0.2, 0.25) is 0 Å². The summed E-state index contributed by atoms with van der Waals surface area (Å²) in [4.78, 5) is 12.2. The Morgan fingerprint density at radius 2 is 1.57 bits per heavy atom. The molecule has 5 nitrogen and oxygen atoms in total. The third-order valence-electron chi connectivity index (χ3n) is 3.58. The second kappa shape index (κ2) is 7.68. The molecule has 1 N–H and O–H groups in total. The highest BCUT2D eigenvalue weighted by atomic mass is 32.2. The first kappa shape index (κ1) is 17.8. The Balaban J connectivity index is 0.000000211. The highest BCUT2D eigenvalue weighted by molar-refractivity contribution is 7.85. The molecule has 1 heterocycles. The molecule has 1 aromatic carbocycles. The first-order valence-corrected chi connectivity index (χ1v) is 8.50. The molecule has 0 saturated carbocycles. The highest BCUT2D eigenvalue weighted by Crippen LogP contribution is 2.08. The minimum atomic E-state index is -4.27. The fraction of sp³-hybridized carbons (Fsp3) is 0.533. The lowest BCUT2D eigenvalue weighted by Crippen LogP contribution is -3.16. The predicted molar refractivity (Wildman–Crippen MR) is 79.2 cm³/mol. The largest absolute Gasteiger partial charge is 0.744 e. The van der Waals surface area contributed by atoms with Crippen LogP contribution >= 0.6 is 0 Å². The number of Topliss-reactive ketones (excluding diaryl/α,β-unsaturated/α-hetero) is 1. The van der Waals surface area contributed by atoms with E-state index >= 15 is 0 Å². The van der Waals surface area contributed by atoms with E-state index < -0.39 is 10.1 Å². The number of nitrogens with one attached hydrogen (secondary N) is 1. The number of piperidine rings is 1. The molecule has 21 heavy (non-hydrogen) atoms. The van der Waals surface area contributed by atoms with E-state index in [0.29, 0.717) is 11.8 Å². The van der Waals surface area contributed by atoms with Gasteiger partial charge >= 0.3 is 0 Å². The monoisotopic (exact) mass is 313 g/mol. The number of benzene rings is 1. The summed E-state index contributed by atoms with van der Waals surface area (Å²) < 4.78 is 31.2. The Morgan fingerprint density at radius 3 is 1.95 bits per heavy atom. The van der Waals surface area contributed by atoms with Crippen molar-refractivity contribution in [2.45, 2.75) is 44.6 Å². The molecule has 1 aromatic rings. The number of aryl methyl sites for hydroxylation is 1. The topological polar surface area (TPSA) is 78.7 Å². The number of carbonyl (C=O) groups excluding carboxylic acids is 1. The second-order valence-corrected chi connectivity index (χ2v) is 7.00. The van der Waals surface area contributed by atoms with Crippen molar-refractivity contribution in [2.24, 2.45) is 0 Å². The molecule has 1 saturated heterocycles. The molecule has 0 aliphatic carbocycles. The van der Waals surface area contributed by atoms with Crippen LogP contribution in [0.3, 0.4) is 0 Å². The van der Waals surface area contributed by atoms with Crippen molar-refractivity contribution in [1.82, 2.24) is 0 Å². The molecule has 118 valence electrons. The molecule has 0 amide bonds. The van der Waals surface area contributed by atoms with Gasteiger partial charge in [0.15, 0.2) is 0 Å². The Morgan fingerprint density at radius 1 is 1.10 bits per heavy atom. The number of carbonyl (C=O) groups is 1. The summed E-state index contributed by atoms with van der Waals surface area (Å²) in [6.45, 7) is 8.35. The fourth-order valence-corrected chi connectivity index (χ4v) is 2.60. The van der Waals surface area contributed by atoms with Gasteiger partial charge in [-0.25, -0.2) is 8.42 Å². The predicted octanol–water partition coefficient (Wildman–Crippen LogP) is 0.542. The quantitative estimate of drug-likeness (QED) is 0.808. The van der Waals surface area contributed by atoms with Crippen LogP contribution in [0, 0.1) is 6.92 Å². The van der Waals surface area contributed by atoms with E-state index in [9.17, 15) is 17.8 Å². The smallest absolute Gasteiger partial charge is 0.144 e. The van der Waals surface area contributed by atoms with Gasteiger partial charge in [0.05, 0.1) is 36.9 Å². The average molecular weight is 313 g/mol. The minimum Gasteiger partial charge on any atom is -0.744 e. The molecule has 0 aromatic heterocycles. The van der Waals surface area contributed by atoms with Crippen LogP contribution in [0.25, 0.3) is 0 Å². The molecule has 1 aliphatic heterocycles. The van der Waals surface area contributed by atoms with E-state index in [2.05, 4.69) is 13.8 Å². The van der Waals surface area contributed by atoms with E-state index in [1.165, 1.54) is 12.1 Å². The van der Waals surface area contributed by atoms with E-state index in [-0.39, 0.29) is 4.90 Å². The van der Waals surface area contributed by atoms with E-state index in [1.54, 1.807) is 17.0 Å². The lowest BCUT2D eigenvalue weighted by atomic mass is 10.1. The third kappa shape index (κ3) is 6.37. The van der Waals surface area contributed by atoms with Crippen LogP contribution in [-0.4, -0.2) is 37.9 Å². The maximum atomic E-state index is 10.8. The fourth-order valence-electron chi connectivity index (χ4n) is 2.13. The minimum absolute atomic E-state index is 0.178. The van der Waals surface area contributed by atoms with Crippen LogP contribution in [0.15, 0.2) is 29.2 Å². The number of hydrogen-bond acceptors (Lipinski definition) is 4. The van der Waals surface area contributed by atoms with Gasteiger partial charge in [-0.1, -0.05) is 17.7 Å². The van der Waals surface area contributed by atoms with E-state index in [4.69, 9.17) is 0 Å². The third-order valence-corrected chi connectivity index (χ3v) is 4.43. The first-order valence-electron chi connectivity index (χ1n) is 7.09. The summed E-state index contributed by atoms with van der Waals surface area (Å²) in [5.74, 6) is 0.449. The lowest BCUT2D eigenvalue weighted by molar-refractivity contribution is -0.922. The van der Waals surface area contributed by atoms with Gasteiger partial charge in [0.2, 0.25) is 0 Å². The van der Waals surface area contributed by atoms with Crippen molar-refractivity contribution in [2.75, 3.05) is 13.1 Å². The zero-order valence-electron chi connectivity index (χ0n) is 12.8. The summed E-state index contributed by atoms with van der Waals surface area (Å²) in [6.07, 6.45) is 1.60. The molecule has 2 rings (SSSR count). The molecular weight excluding hydrogens is 290 g/mol. The second-order valence-electron chi connectivity index (χ2n) is 5.62. The van der Waals surface area contributed by atoms with Crippen LogP contribution < -0.4 is 4.90 Å². The molecule has 1 aliphatic rings. The zero-order chi connectivity index (χ0) is 16.0. The molecule has 0 radical (unpaired) electrons. The SMILES string of the molecule is CC(C)[NH+]1CCC(=O)CC1.Cc1ccc(S(=O)(=O)[O-])cc1. The maximum absolute atomic E-state index is 10.8. The van der Waals surface area contributed by atoms with Crippen molar-refractivity contribution in [3.8, 4) is 0 Å². The van der Waals surface area contributed by atoms with Crippen molar-refractivity contribution in [3.05, 3.63) is 29.8 Å². The molecule has 0 bridgehead atoms. The highest BCUT2D eigenvalue weighted by Gasteiger charge is 2.20. The number of ketones is 1. The summed E-state index contributed by atoms with van der Waals surface area (Å²) in [5.41, 5.74) is 0.928. The van der Waals surface area contributed by atoms with Crippen molar-refractivity contribution >= 4 is 15.9 Å². The number of likely N-dealkylation sites (tertiary alicyclic amines) is 1. The Bertz CT molecular complexity index is 554. The van der Waals surface area contributed by atoms with Crippen LogP contribution in [0.5, 0.6) is 0 Å². The van der Waals surface area contributed by atoms with Gasteiger partial charge < -0.3 is 9.45 Å². The molecule has 6 heteroatoms. The van der Waals surface area contributed by atoms with Gasteiger partial charge in [0.1, 0.15) is 15.9 Å². The van der Waals surface area contributed by atoms with Crippen LogP contribution in [0.1, 0.15) is 32.3 Å². The van der Waals surface area contributed by atoms with Crippen LogP contribution in [0.4, 0.5) is 0 Å². The normalized spacial score (nSPS) is 16.5. The molecule has 1 fully saturated rings.